The van der Waals surface area contributed by atoms with E-state index >= 15 is 0 Å². The number of carbonyl (C=O) groups excluding carboxylic acids is 1. The predicted molar refractivity (Wildman–Crippen MR) is 125 cm³/mol. The average molecular weight is 455 g/mol. The molecule has 2 aromatic carbocycles. The van der Waals surface area contributed by atoms with E-state index in [1.165, 1.54) is 0 Å². The zero-order chi connectivity index (χ0) is 23.1. The third kappa shape index (κ3) is 5.76. The summed E-state index contributed by atoms with van der Waals surface area (Å²) in [6, 6.07) is 16.9. The number of sulfone groups is 1. The molecule has 1 N–H and O–H groups in total. The molecule has 8 heteroatoms. The van der Waals surface area contributed by atoms with Crippen molar-refractivity contribution >= 4 is 15.9 Å². The number of rotatable bonds is 9. The Hall–Kier alpha value is -3.13. The molecule has 0 aliphatic heterocycles. The van der Waals surface area contributed by atoms with Gasteiger partial charge in [-0.2, -0.15) is 0 Å². The van der Waals surface area contributed by atoms with E-state index in [9.17, 15) is 13.2 Å². The lowest BCUT2D eigenvalue weighted by Gasteiger charge is -2.22. The summed E-state index contributed by atoms with van der Waals surface area (Å²) in [6.07, 6.45) is 1.56. The molecule has 3 aromatic rings. The van der Waals surface area contributed by atoms with Gasteiger partial charge in [0.05, 0.1) is 30.7 Å². The number of aromatic nitrogens is 2. The van der Waals surface area contributed by atoms with E-state index < -0.39 is 9.84 Å². The minimum Gasteiger partial charge on any atom is -0.338 e. The summed E-state index contributed by atoms with van der Waals surface area (Å²) in [5.74, 6) is -0.133. The highest BCUT2D eigenvalue weighted by atomic mass is 32.2. The van der Waals surface area contributed by atoms with Crippen molar-refractivity contribution in [3.63, 3.8) is 0 Å². The smallest absolute Gasteiger partial charge is 0.317 e. The second-order valence-corrected chi connectivity index (χ2v) is 9.58. The van der Waals surface area contributed by atoms with Crippen molar-refractivity contribution in [2.24, 2.45) is 0 Å². The molecule has 0 saturated heterocycles. The highest BCUT2D eigenvalue weighted by molar-refractivity contribution is 7.90. The van der Waals surface area contributed by atoms with Gasteiger partial charge in [-0.15, -0.1) is 0 Å². The number of hydrogen-bond acceptors (Lipinski definition) is 4. The normalized spacial score (nSPS) is 11.3. The van der Waals surface area contributed by atoms with E-state index in [-0.39, 0.29) is 23.5 Å². The zero-order valence-electron chi connectivity index (χ0n) is 18.8. The average Bonchev–Trinajstić information content (AvgIpc) is 3.17. The van der Waals surface area contributed by atoms with Gasteiger partial charge in [-0.3, -0.25) is 0 Å². The first-order valence-electron chi connectivity index (χ1n) is 10.7. The van der Waals surface area contributed by atoms with Crippen LogP contribution in [0.25, 0.3) is 0 Å². The second-order valence-electron chi connectivity index (χ2n) is 7.70. The molecule has 0 unspecified atom stereocenters. The molecule has 0 aliphatic carbocycles. The van der Waals surface area contributed by atoms with E-state index in [0.29, 0.717) is 30.9 Å². The maximum Gasteiger partial charge on any atom is 0.317 e. The van der Waals surface area contributed by atoms with Crippen molar-refractivity contribution in [3.8, 4) is 0 Å². The number of aryl methyl sites for hydroxylation is 1. The molecule has 1 aromatic heterocycles. The SMILES string of the molecule is CCNC(=O)N(CC)Cc1cnc(S(=O)(=O)Cc2ccc(C)cc2)n1Cc1ccccc1. The van der Waals surface area contributed by atoms with E-state index in [0.717, 1.165) is 11.1 Å². The second kappa shape index (κ2) is 10.5. The molecule has 0 bridgehead atoms. The Bertz CT molecular complexity index is 1140. The fraction of sp³-hybridized carbons (Fsp3) is 0.333. The molecule has 2 amide bonds. The summed E-state index contributed by atoms with van der Waals surface area (Å²) < 4.78 is 28.4. The number of nitrogens with one attached hydrogen (secondary N) is 1. The Morgan fingerprint density at radius 3 is 2.34 bits per heavy atom. The molecule has 0 atom stereocenters. The number of urea groups is 1. The summed E-state index contributed by atoms with van der Waals surface area (Å²) in [4.78, 5) is 18.3. The first kappa shape index (κ1) is 23.5. The Balaban J connectivity index is 1.97. The number of imidazole rings is 1. The maximum absolute atomic E-state index is 13.3. The lowest BCUT2D eigenvalue weighted by molar-refractivity contribution is 0.197. The van der Waals surface area contributed by atoms with Gasteiger partial charge < -0.3 is 14.8 Å². The largest absolute Gasteiger partial charge is 0.338 e. The van der Waals surface area contributed by atoms with Crippen LogP contribution in [0, 0.1) is 6.92 Å². The van der Waals surface area contributed by atoms with Crippen LogP contribution >= 0.6 is 0 Å². The van der Waals surface area contributed by atoms with Gasteiger partial charge in [-0.05, 0) is 31.9 Å². The van der Waals surface area contributed by atoms with E-state index in [2.05, 4.69) is 10.3 Å². The van der Waals surface area contributed by atoms with Gasteiger partial charge in [0.1, 0.15) is 0 Å². The molecule has 0 fully saturated rings. The van der Waals surface area contributed by atoms with Crippen LogP contribution in [0.3, 0.4) is 0 Å². The van der Waals surface area contributed by atoms with Crippen molar-refractivity contribution in [3.05, 3.63) is 83.2 Å². The number of amides is 2. The lowest BCUT2D eigenvalue weighted by Crippen LogP contribution is -2.39. The summed E-state index contributed by atoms with van der Waals surface area (Å²) in [5, 5.41) is 2.82. The van der Waals surface area contributed by atoms with Crippen molar-refractivity contribution in [2.45, 2.75) is 44.8 Å². The van der Waals surface area contributed by atoms with Gasteiger partial charge in [-0.1, -0.05) is 60.2 Å². The fourth-order valence-corrected chi connectivity index (χ4v) is 4.95. The topological polar surface area (TPSA) is 84.3 Å². The Morgan fingerprint density at radius 1 is 1.03 bits per heavy atom. The van der Waals surface area contributed by atoms with Crippen LogP contribution in [0.1, 0.15) is 36.2 Å². The summed E-state index contributed by atoms with van der Waals surface area (Å²) in [6.45, 7) is 7.35. The van der Waals surface area contributed by atoms with Crippen LogP contribution in [0.2, 0.25) is 0 Å². The van der Waals surface area contributed by atoms with E-state index in [4.69, 9.17) is 0 Å². The number of benzene rings is 2. The molecular formula is C24H30N4O3S. The van der Waals surface area contributed by atoms with Gasteiger partial charge in [-0.25, -0.2) is 18.2 Å². The first-order chi connectivity index (χ1) is 15.3. The van der Waals surface area contributed by atoms with Crippen LogP contribution in [0.15, 0.2) is 66.0 Å². The van der Waals surface area contributed by atoms with Crippen LogP contribution in [-0.2, 0) is 28.7 Å². The molecule has 0 saturated carbocycles. The predicted octanol–water partition coefficient (Wildman–Crippen LogP) is 3.77. The van der Waals surface area contributed by atoms with Crippen LogP contribution < -0.4 is 5.32 Å². The van der Waals surface area contributed by atoms with Crippen LogP contribution in [0.5, 0.6) is 0 Å². The molecule has 1 heterocycles. The number of hydrogen-bond donors (Lipinski definition) is 1. The zero-order valence-corrected chi connectivity index (χ0v) is 19.6. The van der Waals surface area contributed by atoms with Gasteiger partial charge in [0, 0.05) is 13.1 Å². The highest BCUT2D eigenvalue weighted by Crippen LogP contribution is 2.21. The van der Waals surface area contributed by atoms with Crippen LogP contribution in [0.4, 0.5) is 4.79 Å². The molecule has 0 spiro atoms. The van der Waals surface area contributed by atoms with Crippen molar-refractivity contribution in [2.75, 3.05) is 13.1 Å². The van der Waals surface area contributed by atoms with Gasteiger partial charge in [0.2, 0.25) is 15.0 Å². The summed E-state index contributed by atoms with van der Waals surface area (Å²) in [5.41, 5.74) is 3.41. The fourth-order valence-electron chi connectivity index (χ4n) is 3.46. The van der Waals surface area contributed by atoms with Gasteiger partial charge in [0.25, 0.3) is 0 Å². The van der Waals surface area contributed by atoms with Crippen molar-refractivity contribution < 1.29 is 13.2 Å². The number of nitrogens with zero attached hydrogens (tertiary/aromatic N) is 3. The monoisotopic (exact) mass is 454 g/mol. The maximum atomic E-state index is 13.3. The Labute approximate surface area is 190 Å². The third-order valence-corrected chi connectivity index (χ3v) is 6.79. The standard InChI is InChI=1S/C24H30N4O3S/c1-4-25-23(29)27(5-2)17-22-15-26-24(28(22)16-20-9-7-6-8-10-20)32(30,31)18-21-13-11-19(3)12-14-21/h6-15H,4-5,16-18H2,1-3H3,(H,25,29). The molecule has 7 nitrogen and oxygen atoms in total. The molecule has 170 valence electrons. The van der Waals surface area contributed by atoms with E-state index in [1.807, 2.05) is 75.4 Å². The van der Waals surface area contributed by atoms with Gasteiger partial charge in [0.15, 0.2) is 0 Å². The first-order valence-corrected chi connectivity index (χ1v) is 12.4. The minimum atomic E-state index is -3.70. The minimum absolute atomic E-state index is 0.0175. The molecule has 0 aliphatic rings. The lowest BCUT2D eigenvalue weighted by atomic mass is 10.2. The highest BCUT2D eigenvalue weighted by Gasteiger charge is 2.25. The summed E-state index contributed by atoms with van der Waals surface area (Å²) >= 11 is 0. The van der Waals surface area contributed by atoms with Crippen LogP contribution in [-0.4, -0.2) is 42.0 Å². The van der Waals surface area contributed by atoms with E-state index in [1.54, 1.807) is 15.7 Å². The number of carbonyl (C=O) groups is 1. The third-order valence-electron chi connectivity index (χ3n) is 5.19. The quantitative estimate of drug-likeness (QED) is 0.533. The molecular weight excluding hydrogens is 424 g/mol. The van der Waals surface area contributed by atoms with Crippen molar-refractivity contribution in [1.29, 1.82) is 0 Å². The Kier molecular flexibility index (Phi) is 7.69. The molecule has 32 heavy (non-hydrogen) atoms. The molecule has 3 rings (SSSR count). The Morgan fingerprint density at radius 2 is 1.72 bits per heavy atom. The van der Waals surface area contributed by atoms with Gasteiger partial charge >= 0.3 is 6.03 Å². The molecule has 0 radical (unpaired) electrons. The summed E-state index contributed by atoms with van der Waals surface area (Å²) in [7, 11) is -3.70. The van der Waals surface area contributed by atoms with Crippen molar-refractivity contribution in [1.82, 2.24) is 19.8 Å².